The summed E-state index contributed by atoms with van der Waals surface area (Å²) in [6.45, 7) is 2.54. The lowest BCUT2D eigenvalue weighted by atomic mass is 9.75. The largest absolute Gasteiger partial charge is 0.341 e. The van der Waals surface area contributed by atoms with Crippen molar-refractivity contribution in [3.8, 4) is 0 Å². The molecular weight excluding hydrogens is 312 g/mol. The highest BCUT2D eigenvalue weighted by Crippen LogP contribution is 2.50. The molecule has 25 heavy (non-hydrogen) atoms. The van der Waals surface area contributed by atoms with Gasteiger partial charge >= 0.3 is 0 Å². The molecule has 1 aliphatic carbocycles. The maximum Gasteiger partial charge on any atom is 0.233 e. The average molecular weight is 338 g/mol. The molecule has 5 rings (SSSR count). The summed E-state index contributed by atoms with van der Waals surface area (Å²) in [6.07, 6.45) is 6.01. The van der Waals surface area contributed by atoms with Crippen LogP contribution in [0, 0.1) is 11.8 Å². The first-order chi connectivity index (χ1) is 12.2. The second kappa shape index (κ2) is 5.58. The Labute approximate surface area is 149 Å². The highest BCUT2D eigenvalue weighted by atomic mass is 16.2. The molecule has 1 aromatic rings. The zero-order valence-corrected chi connectivity index (χ0v) is 14.7. The predicted molar refractivity (Wildman–Crippen MR) is 94.9 cm³/mol. The van der Waals surface area contributed by atoms with E-state index in [4.69, 9.17) is 0 Å². The third-order valence-electron chi connectivity index (χ3n) is 6.95. The molecule has 3 saturated heterocycles. The molecular formula is C21H26N2O2. The normalized spacial score (nSPS) is 33.0. The van der Waals surface area contributed by atoms with E-state index in [1.807, 2.05) is 18.2 Å². The van der Waals surface area contributed by atoms with Crippen molar-refractivity contribution in [2.45, 2.75) is 50.0 Å². The third-order valence-corrected chi connectivity index (χ3v) is 6.95. The number of nitrogens with zero attached hydrogens (tertiary/aromatic N) is 2. The Hall–Kier alpha value is -1.84. The van der Waals surface area contributed by atoms with Crippen LogP contribution in [0.2, 0.25) is 0 Å². The van der Waals surface area contributed by atoms with Crippen molar-refractivity contribution in [2.75, 3.05) is 19.6 Å². The van der Waals surface area contributed by atoms with Gasteiger partial charge in [0.05, 0.1) is 5.41 Å². The van der Waals surface area contributed by atoms with Gasteiger partial charge < -0.3 is 9.80 Å². The number of rotatable bonds is 2. The molecule has 0 spiro atoms. The van der Waals surface area contributed by atoms with Gasteiger partial charge in [-0.2, -0.15) is 0 Å². The van der Waals surface area contributed by atoms with Crippen LogP contribution in [0.25, 0.3) is 0 Å². The molecule has 3 atom stereocenters. The number of hydrogen-bond donors (Lipinski definition) is 0. The molecule has 0 radical (unpaired) electrons. The van der Waals surface area contributed by atoms with Crippen LogP contribution in [0.5, 0.6) is 0 Å². The molecule has 4 aliphatic rings. The minimum absolute atomic E-state index is 0.255. The summed E-state index contributed by atoms with van der Waals surface area (Å²) in [7, 11) is 0. The van der Waals surface area contributed by atoms with E-state index in [2.05, 4.69) is 21.9 Å². The maximum atomic E-state index is 13.4. The van der Waals surface area contributed by atoms with Crippen LogP contribution >= 0.6 is 0 Å². The van der Waals surface area contributed by atoms with Gasteiger partial charge in [-0.05, 0) is 49.5 Å². The summed E-state index contributed by atoms with van der Waals surface area (Å²) >= 11 is 0. The van der Waals surface area contributed by atoms with Gasteiger partial charge in [-0.1, -0.05) is 30.3 Å². The first kappa shape index (κ1) is 15.4. The van der Waals surface area contributed by atoms with E-state index in [1.54, 1.807) is 0 Å². The molecule has 0 unspecified atom stereocenters. The molecule has 3 heterocycles. The minimum Gasteiger partial charge on any atom is -0.341 e. The van der Waals surface area contributed by atoms with E-state index in [0.717, 1.165) is 51.7 Å². The van der Waals surface area contributed by atoms with Gasteiger partial charge in [0.2, 0.25) is 11.8 Å². The Bertz CT molecular complexity index is 697. The molecule has 2 amide bonds. The Kier molecular flexibility index (Phi) is 3.44. The first-order valence-electron chi connectivity index (χ1n) is 9.82. The summed E-state index contributed by atoms with van der Waals surface area (Å²) in [6, 6.07) is 10.7. The van der Waals surface area contributed by atoms with Gasteiger partial charge in [-0.25, -0.2) is 0 Å². The topological polar surface area (TPSA) is 40.6 Å². The van der Waals surface area contributed by atoms with Crippen molar-refractivity contribution in [1.29, 1.82) is 0 Å². The van der Waals surface area contributed by atoms with Crippen LogP contribution in [0.1, 0.15) is 44.1 Å². The van der Waals surface area contributed by atoms with Crippen LogP contribution in [0.15, 0.2) is 30.3 Å². The Morgan fingerprint density at radius 2 is 1.88 bits per heavy atom. The lowest BCUT2D eigenvalue weighted by Gasteiger charge is -2.52. The Morgan fingerprint density at radius 3 is 2.64 bits per heavy atom. The van der Waals surface area contributed by atoms with E-state index < -0.39 is 0 Å². The number of likely N-dealkylation sites (tertiary alicyclic amines) is 1. The Morgan fingerprint density at radius 1 is 1.08 bits per heavy atom. The van der Waals surface area contributed by atoms with Gasteiger partial charge in [0.1, 0.15) is 0 Å². The van der Waals surface area contributed by atoms with Crippen molar-refractivity contribution >= 4 is 11.8 Å². The second-order valence-corrected chi connectivity index (χ2v) is 8.53. The smallest absolute Gasteiger partial charge is 0.233 e. The maximum absolute atomic E-state index is 13.4. The zero-order valence-electron chi connectivity index (χ0n) is 14.7. The standard InChI is InChI=1S/C21H26N2O2/c24-19-8-4-7-18-16-11-15(13-23(18)19)12-22(14-16)20(25)21(9-10-21)17-5-2-1-3-6-17/h1-3,5-6,15-16,18H,4,7-14H2/t15-,16-,18-/m1/s1. The lowest BCUT2D eigenvalue weighted by Crippen LogP contribution is -2.62. The quantitative estimate of drug-likeness (QED) is 0.832. The second-order valence-electron chi connectivity index (χ2n) is 8.53. The monoisotopic (exact) mass is 338 g/mol. The van der Waals surface area contributed by atoms with Crippen LogP contribution in [0.4, 0.5) is 0 Å². The van der Waals surface area contributed by atoms with Crippen LogP contribution in [0.3, 0.4) is 0 Å². The predicted octanol–water partition coefficient (Wildman–Crippen LogP) is 2.58. The van der Waals surface area contributed by atoms with Crippen molar-refractivity contribution in [2.24, 2.45) is 11.8 Å². The first-order valence-corrected chi connectivity index (χ1v) is 9.82. The SMILES string of the molecule is O=C1CCC[C@@H]2[C@@H]3C[C@H](CN(C(=O)C4(c5ccccc5)CC4)C3)CN12. The number of amides is 2. The molecule has 0 aromatic heterocycles. The van der Waals surface area contributed by atoms with Gasteiger partial charge in [-0.15, -0.1) is 0 Å². The molecule has 3 aliphatic heterocycles. The summed E-state index contributed by atoms with van der Waals surface area (Å²) in [5, 5.41) is 0. The number of fused-ring (bicyclic) bond motifs is 4. The lowest BCUT2D eigenvalue weighted by molar-refractivity contribution is -0.149. The highest BCUT2D eigenvalue weighted by molar-refractivity contribution is 5.91. The van der Waals surface area contributed by atoms with Gasteiger partial charge in [0.15, 0.2) is 0 Å². The fraction of sp³-hybridized carbons (Fsp3) is 0.619. The van der Waals surface area contributed by atoms with Crippen molar-refractivity contribution < 1.29 is 9.59 Å². The molecule has 0 N–H and O–H groups in total. The fourth-order valence-corrected chi connectivity index (χ4v) is 5.59. The highest BCUT2D eigenvalue weighted by Gasteiger charge is 2.55. The third kappa shape index (κ3) is 2.41. The molecule has 1 saturated carbocycles. The van der Waals surface area contributed by atoms with Crippen LogP contribution in [-0.4, -0.2) is 47.3 Å². The van der Waals surface area contributed by atoms with E-state index in [-0.39, 0.29) is 5.41 Å². The van der Waals surface area contributed by atoms with Gasteiger partial charge in [-0.3, -0.25) is 9.59 Å². The minimum atomic E-state index is -0.255. The zero-order chi connectivity index (χ0) is 17.0. The van der Waals surface area contributed by atoms with Crippen molar-refractivity contribution in [3.63, 3.8) is 0 Å². The molecule has 132 valence electrons. The average Bonchev–Trinajstić information content (AvgIpc) is 3.45. The summed E-state index contributed by atoms with van der Waals surface area (Å²) in [5.41, 5.74) is 0.930. The van der Waals surface area contributed by atoms with E-state index in [1.165, 1.54) is 12.0 Å². The number of carbonyl (C=O) groups is 2. The molecule has 1 aromatic carbocycles. The summed E-state index contributed by atoms with van der Waals surface area (Å²) in [5.74, 6) is 1.62. The Balaban J connectivity index is 1.37. The number of carbonyl (C=O) groups excluding carboxylic acids is 2. The van der Waals surface area contributed by atoms with E-state index in [0.29, 0.717) is 29.7 Å². The van der Waals surface area contributed by atoms with Crippen LogP contribution < -0.4 is 0 Å². The van der Waals surface area contributed by atoms with Gasteiger partial charge in [0.25, 0.3) is 0 Å². The number of hydrogen-bond acceptors (Lipinski definition) is 2. The van der Waals surface area contributed by atoms with Gasteiger partial charge in [0, 0.05) is 32.1 Å². The van der Waals surface area contributed by atoms with Crippen molar-refractivity contribution in [3.05, 3.63) is 35.9 Å². The number of piperidine rings is 3. The molecule has 4 heteroatoms. The number of benzene rings is 1. The van der Waals surface area contributed by atoms with Crippen LogP contribution in [-0.2, 0) is 15.0 Å². The molecule has 4 fully saturated rings. The van der Waals surface area contributed by atoms with Crippen molar-refractivity contribution in [1.82, 2.24) is 9.80 Å². The molecule has 2 bridgehead atoms. The fourth-order valence-electron chi connectivity index (χ4n) is 5.59. The molecule has 4 nitrogen and oxygen atoms in total. The summed E-state index contributed by atoms with van der Waals surface area (Å²) < 4.78 is 0. The van der Waals surface area contributed by atoms with E-state index in [9.17, 15) is 9.59 Å². The van der Waals surface area contributed by atoms with E-state index >= 15 is 0 Å². The summed E-state index contributed by atoms with van der Waals surface area (Å²) in [4.78, 5) is 30.0.